The number of aromatic nitrogens is 1. The number of nitrogens with zero attached hydrogens (tertiary/aromatic N) is 1. The molecule has 0 radical (unpaired) electrons. The van der Waals surface area contributed by atoms with Crippen LogP contribution in [0, 0.1) is 13.8 Å². The van der Waals surface area contributed by atoms with Crippen molar-refractivity contribution >= 4 is 31.8 Å². The van der Waals surface area contributed by atoms with E-state index in [0.29, 0.717) is 4.90 Å². The summed E-state index contributed by atoms with van der Waals surface area (Å²) in [5, 5.41) is 1.95. The van der Waals surface area contributed by atoms with Gasteiger partial charge in [-0.15, -0.1) is 0 Å². The van der Waals surface area contributed by atoms with Gasteiger partial charge in [-0.25, -0.2) is 12.4 Å². The molecule has 29 heavy (non-hydrogen) atoms. The van der Waals surface area contributed by atoms with Gasteiger partial charge in [0, 0.05) is 16.3 Å². The fourth-order valence-corrected chi connectivity index (χ4v) is 6.70. The summed E-state index contributed by atoms with van der Waals surface area (Å²) in [6, 6.07) is 17.0. The summed E-state index contributed by atoms with van der Waals surface area (Å²) < 4.78 is 35.5. The molecule has 3 aromatic carbocycles. The summed E-state index contributed by atoms with van der Waals surface area (Å²) in [5.74, 6) is 0. The summed E-state index contributed by atoms with van der Waals surface area (Å²) in [7, 11) is -3.76. The van der Waals surface area contributed by atoms with E-state index in [1.807, 2.05) is 43.3 Å². The number of fused-ring (bicyclic) bond motifs is 9. The second-order valence-electron chi connectivity index (χ2n) is 8.21. The van der Waals surface area contributed by atoms with Crippen molar-refractivity contribution in [2.75, 3.05) is 0 Å². The van der Waals surface area contributed by atoms with E-state index in [9.17, 15) is 8.42 Å². The lowest BCUT2D eigenvalue weighted by atomic mass is 9.87. The molecule has 1 aromatic heterocycles. The molecule has 3 heterocycles. The smallest absolute Gasteiger partial charge is 0.268 e. The number of hydrogen-bond acceptors (Lipinski definition) is 3. The fourth-order valence-electron chi connectivity index (χ4n) is 5.15. The number of benzene rings is 3. The van der Waals surface area contributed by atoms with E-state index >= 15 is 0 Å². The average molecular weight is 404 g/mol. The van der Waals surface area contributed by atoms with Crippen molar-refractivity contribution in [3.8, 4) is 0 Å². The molecule has 4 aromatic rings. The van der Waals surface area contributed by atoms with E-state index < -0.39 is 10.0 Å². The van der Waals surface area contributed by atoms with Crippen molar-refractivity contribution in [1.82, 2.24) is 3.97 Å². The van der Waals surface area contributed by atoms with E-state index in [1.165, 1.54) is 11.1 Å². The quantitative estimate of drug-likeness (QED) is 0.441. The maximum atomic E-state index is 13.8. The van der Waals surface area contributed by atoms with E-state index in [0.717, 1.165) is 45.8 Å². The first-order valence-corrected chi connectivity index (χ1v) is 11.4. The summed E-state index contributed by atoms with van der Waals surface area (Å²) in [6.07, 6.45) is 2.03. The van der Waals surface area contributed by atoms with E-state index in [1.54, 1.807) is 16.1 Å². The van der Waals surface area contributed by atoms with Crippen LogP contribution in [-0.4, -0.2) is 12.4 Å². The molecule has 2 atom stereocenters. The number of para-hydroxylation sites is 1. The lowest BCUT2D eigenvalue weighted by Crippen LogP contribution is -2.15. The molecule has 1 saturated heterocycles. The van der Waals surface area contributed by atoms with E-state index in [-0.39, 0.29) is 12.2 Å². The summed E-state index contributed by atoms with van der Waals surface area (Å²) in [6.45, 7) is 4.07. The van der Waals surface area contributed by atoms with E-state index in [4.69, 9.17) is 4.74 Å². The Balaban J connectivity index is 1.80. The number of ether oxygens (including phenoxy) is 1. The third-order valence-electron chi connectivity index (χ3n) is 6.42. The van der Waals surface area contributed by atoms with E-state index in [2.05, 4.69) is 13.0 Å². The van der Waals surface area contributed by atoms with Crippen LogP contribution in [0.4, 0.5) is 0 Å². The molecule has 2 aliphatic heterocycles. The molecule has 0 spiro atoms. The summed E-state index contributed by atoms with van der Waals surface area (Å²) >= 11 is 0. The van der Waals surface area contributed by atoms with Crippen molar-refractivity contribution in [3.05, 3.63) is 76.9 Å². The van der Waals surface area contributed by atoms with Crippen LogP contribution < -0.4 is 0 Å². The molecular formula is C24H21NO3S. The Bertz CT molecular complexity index is 1410. The zero-order valence-electron chi connectivity index (χ0n) is 16.3. The first-order chi connectivity index (χ1) is 14.0. The molecule has 0 saturated carbocycles. The molecule has 0 amide bonds. The minimum atomic E-state index is -3.76. The maximum absolute atomic E-state index is 13.8. The van der Waals surface area contributed by atoms with Crippen LogP contribution in [0.1, 0.15) is 47.3 Å². The second kappa shape index (κ2) is 5.71. The molecule has 0 N–H and O–H groups in total. The third kappa shape index (κ3) is 2.20. The molecule has 1 fully saturated rings. The highest BCUT2D eigenvalue weighted by Gasteiger charge is 2.42. The number of aryl methyl sites for hydroxylation is 2. The Morgan fingerprint density at radius 2 is 1.59 bits per heavy atom. The number of hydrogen-bond donors (Lipinski definition) is 0. The van der Waals surface area contributed by atoms with Crippen LogP contribution in [0.3, 0.4) is 0 Å². The molecule has 2 aliphatic rings. The molecule has 6 rings (SSSR count). The van der Waals surface area contributed by atoms with Crippen LogP contribution in [0.25, 0.3) is 21.8 Å². The molecule has 2 bridgehead atoms. The largest absolute Gasteiger partial charge is 0.365 e. The highest BCUT2D eigenvalue weighted by molar-refractivity contribution is 7.90. The van der Waals surface area contributed by atoms with Crippen molar-refractivity contribution in [3.63, 3.8) is 0 Å². The minimum Gasteiger partial charge on any atom is -0.365 e. The van der Waals surface area contributed by atoms with Crippen LogP contribution in [0.2, 0.25) is 0 Å². The van der Waals surface area contributed by atoms with Gasteiger partial charge in [0.15, 0.2) is 0 Å². The predicted molar refractivity (Wildman–Crippen MR) is 114 cm³/mol. The highest BCUT2D eigenvalue weighted by atomic mass is 32.2. The Hall–Kier alpha value is -2.63. The van der Waals surface area contributed by atoms with Crippen LogP contribution >= 0.6 is 0 Å². The lowest BCUT2D eigenvalue weighted by Gasteiger charge is -2.18. The second-order valence-corrected chi connectivity index (χ2v) is 9.99. The molecule has 0 aliphatic carbocycles. The standard InChI is InChI=1S/C24H21NO3S/c1-14-7-9-16(10-8-14)29(26,27)25-19-6-4-3-5-17(19)18-13-15(2)22-20-11-12-21(28-20)23(22)24(18)25/h3-10,13,20-21H,11-12H2,1-2H3. The lowest BCUT2D eigenvalue weighted by molar-refractivity contribution is 0.0718. The summed E-state index contributed by atoms with van der Waals surface area (Å²) in [4.78, 5) is 0.309. The van der Waals surface area contributed by atoms with Gasteiger partial charge in [0.2, 0.25) is 0 Å². The van der Waals surface area contributed by atoms with Crippen molar-refractivity contribution in [2.24, 2.45) is 0 Å². The van der Waals surface area contributed by atoms with Gasteiger partial charge in [0.05, 0.1) is 28.1 Å². The molecule has 2 unspecified atom stereocenters. The molecule has 4 nitrogen and oxygen atoms in total. The zero-order valence-corrected chi connectivity index (χ0v) is 17.2. The maximum Gasteiger partial charge on any atom is 0.268 e. The fraction of sp³-hybridized carbons (Fsp3) is 0.250. The van der Waals surface area contributed by atoms with Crippen LogP contribution in [-0.2, 0) is 14.8 Å². The Labute approximate surface area is 169 Å². The van der Waals surface area contributed by atoms with Gasteiger partial charge in [-0.3, -0.25) is 0 Å². The normalized spacial score (nSPS) is 20.6. The topological polar surface area (TPSA) is 48.3 Å². The van der Waals surface area contributed by atoms with Gasteiger partial charge < -0.3 is 4.74 Å². The van der Waals surface area contributed by atoms with Gasteiger partial charge in [0.1, 0.15) is 0 Å². The van der Waals surface area contributed by atoms with Gasteiger partial charge in [-0.2, -0.15) is 0 Å². The van der Waals surface area contributed by atoms with Gasteiger partial charge >= 0.3 is 0 Å². The zero-order chi connectivity index (χ0) is 19.9. The SMILES string of the molecule is Cc1ccc(S(=O)(=O)n2c3ccccc3c3cc(C)c4c(c32)C2CCC4O2)cc1. The highest BCUT2D eigenvalue weighted by Crippen LogP contribution is 2.55. The Kier molecular flexibility index (Phi) is 3.40. The third-order valence-corrected chi connectivity index (χ3v) is 8.15. The first-order valence-electron chi connectivity index (χ1n) is 10.0. The first kappa shape index (κ1) is 17.2. The summed E-state index contributed by atoms with van der Waals surface area (Å²) in [5.41, 5.74) is 6.00. The molecule has 146 valence electrons. The van der Waals surface area contributed by atoms with Crippen LogP contribution in [0.15, 0.2) is 59.5 Å². The monoisotopic (exact) mass is 403 g/mol. The minimum absolute atomic E-state index is 0.0197. The molecular weight excluding hydrogens is 382 g/mol. The average Bonchev–Trinajstić information content (AvgIpc) is 3.40. The molecule has 5 heteroatoms. The predicted octanol–water partition coefficient (Wildman–Crippen LogP) is 5.55. The van der Waals surface area contributed by atoms with Gasteiger partial charge in [0.25, 0.3) is 10.0 Å². The Morgan fingerprint density at radius 3 is 2.34 bits per heavy atom. The van der Waals surface area contributed by atoms with Gasteiger partial charge in [-0.1, -0.05) is 35.9 Å². The van der Waals surface area contributed by atoms with Crippen molar-refractivity contribution in [2.45, 2.75) is 43.8 Å². The van der Waals surface area contributed by atoms with Crippen LogP contribution in [0.5, 0.6) is 0 Å². The van der Waals surface area contributed by atoms with Crippen molar-refractivity contribution in [1.29, 1.82) is 0 Å². The van der Waals surface area contributed by atoms with Crippen molar-refractivity contribution < 1.29 is 13.2 Å². The van der Waals surface area contributed by atoms with Gasteiger partial charge in [-0.05, 0) is 62.1 Å². The Morgan fingerprint density at radius 1 is 0.897 bits per heavy atom. The number of rotatable bonds is 2.